The number of H-pyrrole nitrogens is 5. The summed E-state index contributed by atoms with van der Waals surface area (Å²) >= 11 is 2.94. The number of aromatic amines is 5. The summed E-state index contributed by atoms with van der Waals surface area (Å²) in [5, 5.41) is 32.7. The molecule has 27 heteroatoms. The zero-order valence-corrected chi connectivity index (χ0v) is 83.6. The van der Waals surface area contributed by atoms with E-state index in [1.165, 1.54) is 79.3 Å². The van der Waals surface area contributed by atoms with Crippen LogP contribution < -0.4 is 19.6 Å². The Morgan fingerprint density at radius 1 is 0.417 bits per heavy atom. The minimum absolute atomic E-state index is 0.0398. The van der Waals surface area contributed by atoms with Gasteiger partial charge in [0.1, 0.15) is 0 Å². The number of carbonyl (C=O) groups excluding carboxylic acids is 4. The van der Waals surface area contributed by atoms with Gasteiger partial charge in [-0.15, -0.1) is 25.5 Å². The highest BCUT2D eigenvalue weighted by molar-refractivity contribution is 7.17. The van der Waals surface area contributed by atoms with E-state index < -0.39 is 0 Å². The van der Waals surface area contributed by atoms with Crippen LogP contribution in [0.4, 0.5) is 22.2 Å². The van der Waals surface area contributed by atoms with Crippen LogP contribution in [0.15, 0.2) is 132 Å². The molecule has 5 aliphatic heterocycles. The van der Waals surface area contributed by atoms with E-state index in [0.717, 1.165) is 181 Å². The number of piperazine rings is 4. The quantitative estimate of drug-likeness (QED) is 0.0228. The molecule has 710 valence electrons. The van der Waals surface area contributed by atoms with Crippen molar-refractivity contribution in [3.63, 3.8) is 0 Å². The molecule has 132 heavy (non-hydrogen) atoms. The first-order chi connectivity index (χ1) is 63.1. The van der Waals surface area contributed by atoms with Crippen molar-refractivity contribution in [1.82, 2.24) is 80.1 Å². The van der Waals surface area contributed by atoms with Crippen LogP contribution in [0.2, 0.25) is 0 Å². The molecule has 2 bridgehead atoms. The molecule has 25 nitrogen and oxygen atoms in total. The van der Waals surface area contributed by atoms with Gasteiger partial charge in [-0.05, 0) is 228 Å². The van der Waals surface area contributed by atoms with Gasteiger partial charge in [0.05, 0.1) is 6.20 Å². The van der Waals surface area contributed by atoms with E-state index in [1.807, 2.05) is 12.1 Å². The number of hydrogen-bond acceptors (Lipinski definition) is 22. The van der Waals surface area contributed by atoms with Crippen molar-refractivity contribution in [2.75, 3.05) is 120 Å². The smallest absolute Gasteiger partial charge is 0.297 e. The largest absolute Gasteiger partial charge is 0.420 e. The molecule has 5 fully saturated rings. The van der Waals surface area contributed by atoms with Crippen LogP contribution >= 0.6 is 22.7 Å². The number of oxazole rings is 1. The van der Waals surface area contributed by atoms with Crippen molar-refractivity contribution < 1.29 is 23.6 Å². The number of aromatic nitrogens is 12. The van der Waals surface area contributed by atoms with Gasteiger partial charge in [-0.2, -0.15) is 4.98 Å². The molecule has 4 aromatic carbocycles. The summed E-state index contributed by atoms with van der Waals surface area (Å²) in [5.74, 6) is 5.42. The van der Waals surface area contributed by atoms with Crippen LogP contribution in [0.25, 0.3) is 43.6 Å². The summed E-state index contributed by atoms with van der Waals surface area (Å²) in [7, 11) is 8.69. The molecule has 5 N–H and O–H groups in total. The number of fused-ring (bicyclic) bond motifs is 6. The van der Waals surface area contributed by atoms with E-state index in [2.05, 4.69) is 335 Å². The Morgan fingerprint density at radius 3 is 1.14 bits per heavy atom. The summed E-state index contributed by atoms with van der Waals surface area (Å²) in [5.41, 5.74) is 9.95. The zero-order chi connectivity index (χ0) is 93.7. The van der Waals surface area contributed by atoms with Crippen LogP contribution in [-0.4, -0.2) is 232 Å². The molecule has 13 heterocycles. The normalized spacial score (nSPS) is 18.7. The molecule has 0 aliphatic carbocycles. The Labute approximate surface area is 790 Å². The average Bonchev–Trinajstić information content (AvgIpc) is 1.71. The number of nitrogens with zero attached hydrogens (tertiary/aromatic N) is 15. The molecule has 0 spiro atoms. The summed E-state index contributed by atoms with van der Waals surface area (Å²) in [4.78, 5) is 94.0. The summed E-state index contributed by atoms with van der Waals surface area (Å²) < 4.78 is 5.99. The zero-order valence-electron chi connectivity index (χ0n) is 82.0. The topological polar surface area (TPSA) is 277 Å². The number of para-hydroxylation sites is 4. The van der Waals surface area contributed by atoms with Crippen molar-refractivity contribution in [2.45, 2.75) is 241 Å². The fourth-order valence-electron chi connectivity index (χ4n) is 19.7. The van der Waals surface area contributed by atoms with E-state index in [9.17, 15) is 19.2 Å². The maximum Gasteiger partial charge on any atom is 0.297 e. The van der Waals surface area contributed by atoms with Gasteiger partial charge in [0, 0.05) is 195 Å². The highest BCUT2D eigenvalue weighted by Gasteiger charge is 2.41. The summed E-state index contributed by atoms with van der Waals surface area (Å²) in [6.07, 6.45) is 26.8. The van der Waals surface area contributed by atoms with E-state index in [-0.39, 0.29) is 51.6 Å². The Morgan fingerprint density at radius 2 is 0.758 bits per heavy atom. The molecule has 0 saturated carbocycles. The Kier molecular flexibility index (Phi) is 32.9. The third-order valence-corrected chi connectivity index (χ3v) is 31.0. The van der Waals surface area contributed by atoms with Crippen molar-refractivity contribution >= 4 is 112 Å². The van der Waals surface area contributed by atoms with E-state index in [1.54, 1.807) is 6.20 Å². The van der Waals surface area contributed by atoms with Crippen LogP contribution in [0.5, 0.6) is 0 Å². The van der Waals surface area contributed by atoms with Crippen molar-refractivity contribution in [3.8, 4) is 0 Å². The molecule has 6 atom stereocenters. The molecule has 0 radical (unpaired) electrons. The van der Waals surface area contributed by atoms with Crippen molar-refractivity contribution in [2.24, 2.45) is 47.3 Å². The predicted octanol–water partition coefficient (Wildman–Crippen LogP) is 20.8. The van der Waals surface area contributed by atoms with E-state index >= 15 is 0 Å². The molecule has 5 saturated heterocycles. The second kappa shape index (κ2) is 44.1. The lowest BCUT2D eigenvalue weighted by Crippen LogP contribution is -2.58. The monoisotopic (exact) mass is 1830 g/mol. The number of nitrogens with one attached hydrogen (secondary N) is 5. The first-order valence-electron chi connectivity index (χ1n) is 48.9. The minimum Gasteiger partial charge on any atom is -0.420 e. The second-order valence-corrected chi connectivity index (χ2v) is 44.2. The maximum atomic E-state index is 13.3. The number of carbonyl (C=O) groups is 4. The Hall–Kier alpha value is -9.77. The lowest BCUT2D eigenvalue weighted by molar-refractivity contribution is 0.0924. The molecule has 5 aliphatic rings. The molecular formula is C105H148N20O5S2. The van der Waals surface area contributed by atoms with Gasteiger partial charge in [0.15, 0.2) is 44.7 Å². The third-order valence-electron chi connectivity index (χ3n) is 28.9. The molecule has 8 aromatic heterocycles. The highest BCUT2D eigenvalue weighted by Crippen LogP contribution is 2.38. The predicted molar refractivity (Wildman–Crippen MR) is 540 cm³/mol. The summed E-state index contributed by atoms with van der Waals surface area (Å²) in [6.45, 7) is 41.4. The van der Waals surface area contributed by atoms with Gasteiger partial charge in [0.2, 0.25) is 16.2 Å². The summed E-state index contributed by atoms with van der Waals surface area (Å²) in [6, 6.07) is 35.3. The molecule has 6 unspecified atom stereocenters. The fourth-order valence-corrected chi connectivity index (χ4v) is 21.3. The molecule has 17 rings (SSSR count). The molecule has 0 amide bonds. The van der Waals surface area contributed by atoms with Crippen molar-refractivity contribution in [1.29, 1.82) is 0 Å². The average molecular weight is 1830 g/mol. The maximum absolute atomic E-state index is 13.3. The van der Waals surface area contributed by atoms with Gasteiger partial charge in [-0.25, -0.2) is 4.98 Å². The van der Waals surface area contributed by atoms with Crippen LogP contribution in [0.3, 0.4) is 0 Å². The first kappa shape index (κ1) is 98.2. The van der Waals surface area contributed by atoms with Gasteiger partial charge < -0.3 is 44.0 Å². The number of Topliss-reactive ketones (excluding diaryl/α,β-unsaturated/α-hetero) is 4. The van der Waals surface area contributed by atoms with E-state index in [0.29, 0.717) is 107 Å². The lowest BCUT2D eigenvalue weighted by Gasteiger charge is -2.45. The van der Waals surface area contributed by atoms with Gasteiger partial charge in [-0.3, -0.25) is 43.9 Å². The van der Waals surface area contributed by atoms with Crippen LogP contribution in [0, 0.1) is 47.3 Å². The van der Waals surface area contributed by atoms with Gasteiger partial charge in [-0.1, -0.05) is 177 Å². The number of anilines is 4. The number of rotatable bonds is 36. The number of ketones is 4. The van der Waals surface area contributed by atoms with Crippen LogP contribution in [0.1, 0.15) is 250 Å². The van der Waals surface area contributed by atoms with Gasteiger partial charge >= 0.3 is 0 Å². The van der Waals surface area contributed by atoms with Crippen LogP contribution in [-0.2, 0) is 25.7 Å². The molecule has 12 aromatic rings. The SMILES string of the molecule is CC(C)CCC(CC(=O)c1cnc(N2CCN(C)C(C)(C)C2)o1)Cc1c[nH]c2ccccc12.CC(C)CCC(CC(=O)c1nc(N2CCN(C)C(C)(C)C2)n[nH]1)Cc1c[nH]c2ccccc12.CC(C)CCC(CC(=O)c1nnc(N2CC3CCC(C2)N3C)s1)Cc1c[nH]c2ccccc12.CC(C)CCC(CC(=O)c1nnc(N2CCN(C)C(C)(C)C2)s1)Cc1c[nH]c2ccccc12. The number of hydrogen-bond donors (Lipinski definition) is 5. The second-order valence-electron chi connectivity index (χ2n) is 42.3. The third kappa shape index (κ3) is 25.4. The van der Waals surface area contributed by atoms with Crippen molar-refractivity contribution in [3.05, 3.63) is 172 Å². The number of benzene rings is 4. The Balaban J connectivity index is 0.000000142. The number of likely N-dealkylation sites (N-methyl/N-ethyl adjacent to an activating group) is 4. The van der Waals surface area contributed by atoms with Gasteiger partial charge in [0.25, 0.3) is 6.01 Å². The molecular weight excluding hydrogens is 1690 g/mol. The standard InChI is InChI=1S/C27H38N4O2.C26H38N6O.C26H35N5OS.C26H37N5OS/c1-19(2)10-11-20(14-21-16-28-23-9-7-6-8-22(21)23)15-24(32)25-17-29-26(33-25)31-13-12-30(5)27(3,4)18-31;1-18(2)10-11-19(14-20-16-27-22-9-7-6-8-21(20)22)15-23(33)24-28-25(30-29-24)32-13-12-31(5)26(3,4)17-32;1-17(2)8-9-18(12-19-14-27-23-7-5-4-6-22(19)23)13-24(32)25-28-29-26(33-25)31-15-20-10-11-21(16-31)30(20)3;1-18(2)10-11-19(14-20-16-27-22-9-7-6-8-21(20)22)15-23(32)24-28-29-25(33-24)31-13-12-30(5)26(3,4)17-31/h6-9,16-17,19-20,28H,10-15,18H2,1-5H3;6-9,16,18-19,27H,10-15,17H2,1-5H3,(H,28,29,30);4-7,14,17-18,20-21,27H,8-13,15-16H2,1-3H3;6-9,16,18-19,27H,10-15,17H2,1-5H3. The minimum atomic E-state index is 0.0398. The highest BCUT2D eigenvalue weighted by atomic mass is 32.1. The first-order valence-corrected chi connectivity index (χ1v) is 50.5. The lowest BCUT2D eigenvalue weighted by atomic mass is 9.87. The fraction of sp³-hybridized carbons (Fsp3) is 0.571. The Bertz CT molecular complexity index is 5080. The van der Waals surface area contributed by atoms with E-state index in [4.69, 9.17) is 4.42 Å².